The van der Waals surface area contributed by atoms with Gasteiger partial charge in [-0.1, -0.05) is 12.3 Å². The molecule has 2 heteroatoms. The number of rotatable bonds is 1. The lowest BCUT2D eigenvalue weighted by atomic mass is 9.85. The second-order valence-corrected chi connectivity index (χ2v) is 3.29. The van der Waals surface area contributed by atoms with Crippen molar-refractivity contribution in [1.29, 1.82) is 0 Å². The highest BCUT2D eigenvalue weighted by molar-refractivity contribution is 5.67. The molecule has 12 heavy (non-hydrogen) atoms. The van der Waals surface area contributed by atoms with Crippen molar-refractivity contribution in [3.63, 3.8) is 0 Å². The first-order valence-corrected chi connectivity index (χ1v) is 4.36. The van der Waals surface area contributed by atoms with Gasteiger partial charge in [0.05, 0.1) is 0 Å². The van der Waals surface area contributed by atoms with Crippen LogP contribution in [0.2, 0.25) is 0 Å². The van der Waals surface area contributed by atoms with E-state index in [1.165, 1.54) is 13.3 Å². The Morgan fingerprint density at radius 2 is 2.00 bits per heavy atom. The normalized spacial score (nSPS) is 21.0. The van der Waals surface area contributed by atoms with Gasteiger partial charge in [-0.05, 0) is 25.7 Å². The van der Waals surface area contributed by atoms with Crippen LogP contribution in [0.15, 0.2) is 0 Å². The summed E-state index contributed by atoms with van der Waals surface area (Å²) in [5.41, 5.74) is -0.579. The van der Waals surface area contributed by atoms with Crippen LogP contribution in [0.4, 0.5) is 0 Å². The van der Waals surface area contributed by atoms with Crippen molar-refractivity contribution in [2.45, 2.75) is 44.6 Å². The van der Waals surface area contributed by atoms with Crippen LogP contribution in [-0.4, -0.2) is 11.6 Å². The minimum absolute atomic E-state index is 0.269. The Balaban J connectivity index is 2.61. The lowest BCUT2D eigenvalue weighted by Crippen LogP contribution is -2.34. The molecule has 0 atom stereocenters. The molecular formula is C10H14O2. The van der Waals surface area contributed by atoms with Gasteiger partial charge < -0.3 is 4.74 Å². The number of carbonyl (C=O) groups is 1. The first-order chi connectivity index (χ1) is 5.68. The molecule has 0 spiro atoms. The molecule has 1 fully saturated rings. The molecule has 0 heterocycles. The third-order valence-corrected chi connectivity index (χ3v) is 2.26. The summed E-state index contributed by atoms with van der Waals surface area (Å²) < 4.78 is 5.15. The van der Waals surface area contributed by atoms with Gasteiger partial charge in [0.1, 0.15) is 0 Å². The Hall–Kier alpha value is -0.970. The fourth-order valence-electron chi connectivity index (χ4n) is 1.67. The average molecular weight is 166 g/mol. The van der Waals surface area contributed by atoms with Crippen molar-refractivity contribution in [1.82, 2.24) is 0 Å². The first kappa shape index (κ1) is 9.12. The summed E-state index contributed by atoms with van der Waals surface area (Å²) in [7, 11) is 0. The molecule has 1 saturated carbocycles. The molecule has 0 aromatic rings. The van der Waals surface area contributed by atoms with Crippen LogP contribution in [0.3, 0.4) is 0 Å². The number of hydrogen-bond acceptors (Lipinski definition) is 2. The van der Waals surface area contributed by atoms with Gasteiger partial charge in [-0.3, -0.25) is 4.79 Å². The van der Waals surface area contributed by atoms with Crippen LogP contribution in [0, 0.1) is 12.3 Å². The number of hydrogen-bond donors (Lipinski definition) is 0. The molecule has 0 bridgehead atoms. The van der Waals surface area contributed by atoms with E-state index in [4.69, 9.17) is 11.2 Å². The second-order valence-electron chi connectivity index (χ2n) is 3.29. The van der Waals surface area contributed by atoms with Gasteiger partial charge in [0.2, 0.25) is 0 Å². The van der Waals surface area contributed by atoms with E-state index in [0.29, 0.717) is 0 Å². The van der Waals surface area contributed by atoms with Crippen molar-refractivity contribution >= 4 is 5.97 Å². The van der Waals surface area contributed by atoms with Crippen LogP contribution in [-0.2, 0) is 9.53 Å². The largest absolute Gasteiger partial charge is 0.446 e. The summed E-state index contributed by atoms with van der Waals surface area (Å²) in [5, 5.41) is 0. The van der Waals surface area contributed by atoms with Crippen molar-refractivity contribution < 1.29 is 9.53 Å². The van der Waals surface area contributed by atoms with Gasteiger partial charge in [-0.2, -0.15) is 0 Å². The minimum Gasteiger partial charge on any atom is -0.446 e. The summed E-state index contributed by atoms with van der Waals surface area (Å²) >= 11 is 0. The Bertz CT molecular complexity index is 206. The molecule has 0 N–H and O–H groups in total. The molecule has 2 nitrogen and oxygen atoms in total. The van der Waals surface area contributed by atoms with Crippen LogP contribution < -0.4 is 0 Å². The third-order valence-electron chi connectivity index (χ3n) is 2.26. The Labute approximate surface area is 73.3 Å². The van der Waals surface area contributed by atoms with E-state index in [1.807, 2.05) is 0 Å². The van der Waals surface area contributed by atoms with Crippen LogP contribution in [0.1, 0.15) is 39.0 Å². The standard InChI is InChI=1S/C10H14O2/c1-3-10(12-9(2)11)7-5-4-6-8-10/h1H,4-8H2,2H3. The van der Waals surface area contributed by atoms with Crippen LogP contribution >= 0.6 is 0 Å². The molecule has 0 amide bonds. The molecule has 0 radical (unpaired) electrons. The fourth-order valence-corrected chi connectivity index (χ4v) is 1.67. The number of ether oxygens (including phenoxy) is 1. The maximum Gasteiger partial charge on any atom is 0.304 e. The zero-order valence-corrected chi connectivity index (χ0v) is 7.43. The number of carbonyl (C=O) groups excluding carboxylic acids is 1. The summed E-state index contributed by atoms with van der Waals surface area (Å²) in [6.07, 6.45) is 10.3. The maximum atomic E-state index is 10.8. The van der Waals surface area contributed by atoms with E-state index >= 15 is 0 Å². The molecule has 66 valence electrons. The highest BCUT2D eigenvalue weighted by Gasteiger charge is 2.32. The summed E-state index contributed by atoms with van der Waals surface area (Å²) in [4.78, 5) is 10.8. The predicted molar refractivity (Wildman–Crippen MR) is 46.4 cm³/mol. The SMILES string of the molecule is C#CC1(OC(C)=O)CCCCC1. The molecule has 0 aliphatic heterocycles. The Morgan fingerprint density at radius 3 is 2.42 bits per heavy atom. The van der Waals surface area contributed by atoms with Crippen LogP contribution in [0.5, 0.6) is 0 Å². The monoisotopic (exact) mass is 166 g/mol. The second kappa shape index (κ2) is 3.62. The van der Waals surface area contributed by atoms with Gasteiger partial charge >= 0.3 is 5.97 Å². The van der Waals surface area contributed by atoms with Crippen molar-refractivity contribution in [2.75, 3.05) is 0 Å². The van der Waals surface area contributed by atoms with Gasteiger partial charge in [0.15, 0.2) is 5.60 Å². The van der Waals surface area contributed by atoms with Crippen molar-refractivity contribution in [2.24, 2.45) is 0 Å². The van der Waals surface area contributed by atoms with E-state index in [-0.39, 0.29) is 5.97 Å². The molecule has 1 aliphatic carbocycles. The van der Waals surface area contributed by atoms with E-state index in [0.717, 1.165) is 25.7 Å². The van der Waals surface area contributed by atoms with Gasteiger partial charge in [0.25, 0.3) is 0 Å². The molecule has 1 aliphatic rings. The zero-order chi connectivity index (χ0) is 9.03. The molecular weight excluding hydrogens is 152 g/mol. The summed E-state index contributed by atoms with van der Waals surface area (Å²) in [5.74, 6) is 2.34. The lowest BCUT2D eigenvalue weighted by molar-refractivity contribution is -0.153. The highest BCUT2D eigenvalue weighted by atomic mass is 16.6. The minimum atomic E-state index is -0.579. The smallest absolute Gasteiger partial charge is 0.304 e. The third kappa shape index (κ3) is 2.01. The Morgan fingerprint density at radius 1 is 1.42 bits per heavy atom. The first-order valence-electron chi connectivity index (χ1n) is 4.36. The van der Waals surface area contributed by atoms with Gasteiger partial charge in [-0.25, -0.2) is 0 Å². The van der Waals surface area contributed by atoms with Crippen LogP contribution in [0.25, 0.3) is 0 Å². The number of terminal acetylenes is 1. The molecule has 1 rings (SSSR count). The molecule has 0 saturated heterocycles. The number of esters is 1. The summed E-state index contributed by atoms with van der Waals surface area (Å²) in [6.45, 7) is 1.41. The van der Waals surface area contributed by atoms with Gasteiger partial charge in [0, 0.05) is 6.92 Å². The molecule has 0 aromatic carbocycles. The van der Waals surface area contributed by atoms with Gasteiger partial charge in [-0.15, -0.1) is 6.42 Å². The predicted octanol–water partition coefficient (Wildman–Crippen LogP) is 1.89. The maximum absolute atomic E-state index is 10.8. The van der Waals surface area contributed by atoms with E-state index in [9.17, 15) is 4.79 Å². The quantitative estimate of drug-likeness (QED) is 0.439. The van der Waals surface area contributed by atoms with Crippen molar-refractivity contribution in [3.8, 4) is 12.3 Å². The molecule has 0 aromatic heterocycles. The zero-order valence-electron chi connectivity index (χ0n) is 7.43. The lowest BCUT2D eigenvalue weighted by Gasteiger charge is -2.31. The highest BCUT2D eigenvalue weighted by Crippen LogP contribution is 2.30. The topological polar surface area (TPSA) is 26.3 Å². The van der Waals surface area contributed by atoms with E-state index < -0.39 is 5.60 Å². The van der Waals surface area contributed by atoms with E-state index in [2.05, 4.69) is 5.92 Å². The summed E-state index contributed by atoms with van der Waals surface area (Å²) in [6, 6.07) is 0. The average Bonchev–Trinajstić information content (AvgIpc) is 2.05. The molecule has 0 unspecified atom stereocenters. The Kier molecular flexibility index (Phi) is 2.75. The van der Waals surface area contributed by atoms with E-state index in [1.54, 1.807) is 0 Å². The fraction of sp³-hybridized carbons (Fsp3) is 0.700. The van der Waals surface area contributed by atoms with Crippen molar-refractivity contribution in [3.05, 3.63) is 0 Å².